The Morgan fingerprint density at radius 1 is 1.24 bits per heavy atom. The zero-order valence-corrected chi connectivity index (χ0v) is 11.9. The van der Waals surface area contributed by atoms with Crippen molar-refractivity contribution >= 4 is 21.5 Å². The van der Waals surface area contributed by atoms with Crippen molar-refractivity contribution in [3.8, 4) is 0 Å². The number of nitrogens with two attached hydrogens (primary N) is 1. The largest absolute Gasteiger partial charge is 0.389 e. The molecule has 21 heavy (non-hydrogen) atoms. The lowest BCUT2D eigenvalue weighted by molar-refractivity contribution is -0.134. The van der Waals surface area contributed by atoms with Crippen molar-refractivity contribution < 1.29 is 21.6 Å². The summed E-state index contributed by atoms with van der Waals surface area (Å²) in [6.45, 7) is 0. The molecule has 4 N–H and O–H groups in total. The Morgan fingerprint density at radius 3 is 2.29 bits per heavy atom. The fraction of sp³-hybridized carbons (Fsp3) is 0.417. The first-order valence-electron chi connectivity index (χ1n) is 6.06. The van der Waals surface area contributed by atoms with Crippen molar-refractivity contribution in [2.45, 2.75) is 25.4 Å². The van der Waals surface area contributed by atoms with E-state index >= 15 is 0 Å². The molecule has 0 fully saturated rings. The highest BCUT2D eigenvalue weighted by molar-refractivity contribution is 7.92. The van der Waals surface area contributed by atoms with Gasteiger partial charge in [0, 0.05) is 18.5 Å². The standard InChI is InChI=1S/C12H16F3N3O2S/c13-12(14,15)6-1-7-21(19,20)18-10-4-2-9(3-5-10)8-11(16)17/h2-5,18H,1,6-8H2,(H3,16,17). The van der Waals surface area contributed by atoms with Crippen LogP contribution in [-0.4, -0.2) is 26.2 Å². The van der Waals surface area contributed by atoms with Gasteiger partial charge in [-0.1, -0.05) is 12.1 Å². The second kappa shape index (κ2) is 6.79. The normalized spacial score (nSPS) is 12.1. The number of anilines is 1. The average Bonchev–Trinajstić information content (AvgIpc) is 2.28. The maximum absolute atomic E-state index is 12.0. The molecule has 0 bridgehead atoms. The van der Waals surface area contributed by atoms with Gasteiger partial charge in [-0.05, 0) is 24.1 Å². The molecule has 118 valence electrons. The van der Waals surface area contributed by atoms with Crippen molar-refractivity contribution in [1.29, 1.82) is 5.41 Å². The van der Waals surface area contributed by atoms with Crippen molar-refractivity contribution in [3.05, 3.63) is 29.8 Å². The van der Waals surface area contributed by atoms with E-state index in [9.17, 15) is 21.6 Å². The first-order valence-corrected chi connectivity index (χ1v) is 7.72. The Hall–Kier alpha value is -1.77. The topological polar surface area (TPSA) is 96.0 Å². The van der Waals surface area contributed by atoms with Gasteiger partial charge in [0.15, 0.2) is 0 Å². The zero-order valence-electron chi connectivity index (χ0n) is 11.1. The van der Waals surface area contributed by atoms with Gasteiger partial charge in [-0.15, -0.1) is 0 Å². The van der Waals surface area contributed by atoms with E-state index in [1.807, 2.05) is 0 Å². The summed E-state index contributed by atoms with van der Waals surface area (Å²) >= 11 is 0. The van der Waals surface area contributed by atoms with Gasteiger partial charge in [-0.2, -0.15) is 13.2 Å². The third-order valence-corrected chi connectivity index (χ3v) is 3.87. The van der Waals surface area contributed by atoms with Crippen LogP contribution in [0.4, 0.5) is 18.9 Å². The van der Waals surface area contributed by atoms with E-state index < -0.39 is 34.8 Å². The molecule has 0 saturated carbocycles. The van der Waals surface area contributed by atoms with Gasteiger partial charge in [-0.25, -0.2) is 8.42 Å². The molecule has 0 atom stereocenters. The highest BCUT2D eigenvalue weighted by Gasteiger charge is 2.27. The van der Waals surface area contributed by atoms with Crippen LogP contribution in [0.2, 0.25) is 0 Å². The van der Waals surface area contributed by atoms with E-state index in [2.05, 4.69) is 4.72 Å². The molecule has 9 heteroatoms. The Balaban J connectivity index is 2.57. The second-order valence-corrected chi connectivity index (χ2v) is 6.38. The van der Waals surface area contributed by atoms with Gasteiger partial charge >= 0.3 is 6.18 Å². The number of sulfonamides is 1. The van der Waals surface area contributed by atoms with Crippen LogP contribution in [0.15, 0.2) is 24.3 Å². The molecule has 0 amide bonds. The van der Waals surface area contributed by atoms with E-state index in [1.54, 1.807) is 12.1 Å². The summed E-state index contributed by atoms with van der Waals surface area (Å²) in [5.41, 5.74) is 6.23. The average molecular weight is 323 g/mol. The van der Waals surface area contributed by atoms with Crippen molar-refractivity contribution in [1.82, 2.24) is 0 Å². The van der Waals surface area contributed by atoms with E-state index in [0.717, 1.165) is 5.56 Å². The third kappa shape index (κ3) is 7.54. The smallest absolute Gasteiger partial charge is 0.387 e. The lowest BCUT2D eigenvalue weighted by Gasteiger charge is -2.10. The summed E-state index contributed by atoms with van der Waals surface area (Å²) in [5, 5.41) is 7.13. The van der Waals surface area contributed by atoms with Crippen LogP contribution in [0, 0.1) is 5.41 Å². The lowest BCUT2D eigenvalue weighted by atomic mass is 10.1. The Bertz CT molecular complexity index is 583. The van der Waals surface area contributed by atoms with Gasteiger partial charge in [0.2, 0.25) is 10.0 Å². The van der Waals surface area contributed by atoms with Crippen LogP contribution in [0.3, 0.4) is 0 Å². The Kier molecular flexibility index (Phi) is 5.59. The van der Waals surface area contributed by atoms with Gasteiger partial charge in [0.05, 0.1) is 11.6 Å². The van der Waals surface area contributed by atoms with Gasteiger partial charge < -0.3 is 5.73 Å². The summed E-state index contributed by atoms with van der Waals surface area (Å²) in [7, 11) is -3.81. The number of hydrogen-bond acceptors (Lipinski definition) is 3. The SMILES string of the molecule is N=C(N)Cc1ccc(NS(=O)(=O)CCCC(F)(F)F)cc1. The first-order chi connectivity index (χ1) is 9.57. The third-order valence-electron chi connectivity index (χ3n) is 2.50. The number of amidine groups is 1. The monoisotopic (exact) mass is 323 g/mol. The van der Waals surface area contributed by atoms with Crippen LogP contribution in [0.5, 0.6) is 0 Å². The number of halogens is 3. The van der Waals surface area contributed by atoms with Crippen LogP contribution < -0.4 is 10.5 Å². The summed E-state index contributed by atoms with van der Waals surface area (Å²) < 4.78 is 61.3. The minimum absolute atomic E-state index is 0.0181. The maximum Gasteiger partial charge on any atom is 0.389 e. The zero-order chi connectivity index (χ0) is 16.1. The summed E-state index contributed by atoms with van der Waals surface area (Å²) in [6.07, 6.45) is -5.73. The number of hydrogen-bond donors (Lipinski definition) is 3. The predicted octanol–water partition coefficient (Wildman–Crippen LogP) is 2.25. The molecule has 0 aromatic heterocycles. The fourth-order valence-electron chi connectivity index (χ4n) is 1.60. The van der Waals surface area contributed by atoms with E-state index in [1.165, 1.54) is 12.1 Å². The van der Waals surface area contributed by atoms with Gasteiger partial charge in [0.25, 0.3) is 0 Å². The molecule has 0 radical (unpaired) electrons. The van der Waals surface area contributed by atoms with Gasteiger partial charge in [-0.3, -0.25) is 10.1 Å². The molecule has 0 aliphatic heterocycles. The molecular formula is C12H16F3N3O2S. The molecule has 0 unspecified atom stereocenters. The number of rotatable bonds is 7. The number of nitrogens with one attached hydrogen (secondary N) is 2. The van der Waals surface area contributed by atoms with E-state index in [4.69, 9.17) is 11.1 Å². The minimum atomic E-state index is -4.36. The molecule has 0 aliphatic rings. The van der Waals surface area contributed by atoms with Crippen molar-refractivity contribution in [2.75, 3.05) is 10.5 Å². The summed E-state index contributed by atoms with van der Waals surface area (Å²) in [4.78, 5) is 0. The first kappa shape index (κ1) is 17.3. The maximum atomic E-state index is 12.0. The molecule has 1 rings (SSSR count). The number of benzene rings is 1. The van der Waals surface area contributed by atoms with Crippen molar-refractivity contribution in [2.24, 2.45) is 5.73 Å². The molecule has 1 aromatic rings. The highest BCUT2D eigenvalue weighted by atomic mass is 32.2. The number of alkyl halides is 3. The molecule has 5 nitrogen and oxygen atoms in total. The molecule has 0 saturated heterocycles. The molecule has 1 aromatic carbocycles. The molecule has 0 spiro atoms. The lowest BCUT2D eigenvalue weighted by Crippen LogP contribution is -2.19. The van der Waals surface area contributed by atoms with Gasteiger partial charge in [0.1, 0.15) is 0 Å². The Morgan fingerprint density at radius 2 is 1.81 bits per heavy atom. The predicted molar refractivity (Wildman–Crippen MR) is 74.8 cm³/mol. The summed E-state index contributed by atoms with van der Waals surface area (Å²) in [6, 6.07) is 6.13. The van der Waals surface area contributed by atoms with E-state index in [-0.39, 0.29) is 17.9 Å². The fourth-order valence-corrected chi connectivity index (χ4v) is 2.73. The highest BCUT2D eigenvalue weighted by Crippen LogP contribution is 2.22. The quantitative estimate of drug-likeness (QED) is 0.530. The van der Waals surface area contributed by atoms with Crippen LogP contribution >= 0.6 is 0 Å². The van der Waals surface area contributed by atoms with Crippen LogP contribution in [0.1, 0.15) is 18.4 Å². The summed E-state index contributed by atoms with van der Waals surface area (Å²) in [5.74, 6) is -0.614. The molecular weight excluding hydrogens is 307 g/mol. The van der Waals surface area contributed by atoms with Crippen molar-refractivity contribution in [3.63, 3.8) is 0 Å². The van der Waals surface area contributed by atoms with Crippen LogP contribution in [0.25, 0.3) is 0 Å². The Labute approximate surface area is 120 Å². The van der Waals surface area contributed by atoms with Crippen LogP contribution in [-0.2, 0) is 16.4 Å². The second-order valence-electron chi connectivity index (χ2n) is 4.54. The molecule has 0 heterocycles. The van der Waals surface area contributed by atoms with E-state index in [0.29, 0.717) is 0 Å². The molecule has 0 aliphatic carbocycles. The minimum Gasteiger partial charge on any atom is -0.387 e.